The van der Waals surface area contributed by atoms with E-state index in [0.29, 0.717) is 6.54 Å². The highest BCUT2D eigenvalue weighted by atomic mass is 16.4. The van der Waals surface area contributed by atoms with Gasteiger partial charge in [0.05, 0.1) is 11.8 Å². The van der Waals surface area contributed by atoms with Gasteiger partial charge in [-0.15, -0.1) is 6.58 Å². The van der Waals surface area contributed by atoms with Crippen molar-refractivity contribution in [2.45, 2.75) is 13.8 Å². The summed E-state index contributed by atoms with van der Waals surface area (Å²) in [6.45, 7) is 7.45. The summed E-state index contributed by atoms with van der Waals surface area (Å²) in [5, 5.41) is 11.4. The van der Waals surface area contributed by atoms with Gasteiger partial charge in [0.2, 0.25) is 5.91 Å². The molecule has 1 aliphatic rings. The molecule has 0 aromatic carbocycles. The second-order valence-electron chi connectivity index (χ2n) is 4.15. The van der Waals surface area contributed by atoms with E-state index in [2.05, 4.69) is 11.9 Å². The minimum atomic E-state index is -0.895. The lowest BCUT2D eigenvalue weighted by Crippen LogP contribution is -2.27. The van der Waals surface area contributed by atoms with E-state index in [1.807, 2.05) is 0 Å². The number of aliphatic carboxylic acids is 1. The van der Waals surface area contributed by atoms with Gasteiger partial charge in [-0.3, -0.25) is 9.59 Å². The number of carboxylic acid groups (broad SMARTS) is 1. The normalized spacial score (nSPS) is 27.9. The first-order valence-electron chi connectivity index (χ1n) is 4.54. The number of nitrogens with one attached hydrogen (secondary N) is 1. The Hall–Kier alpha value is -1.32. The molecule has 4 heteroatoms. The Labute approximate surface area is 83.0 Å². The van der Waals surface area contributed by atoms with Crippen LogP contribution in [0.5, 0.6) is 0 Å². The number of rotatable bonds is 4. The van der Waals surface area contributed by atoms with Crippen molar-refractivity contribution >= 4 is 11.9 Å². The number of carbonyl (C=O) groups excluding carboxylic acids is 1. The third kappa shape index (κ3) is 1.64. The number of carbonyl (C=O) groups is 2. The Bertz CT molecular complexity index is 283. The van der Waals surface area contributed by atoms with Crippen molar-refractivity contribution in [1.82, 2.24) is 5.32 Å². The Morgan fingerprint density at radius 2 is 2.07 bits per heavy atom. The average molecular weight is 197 g/mol. The van der Waals surface area contributed by atoms with Gasteiger partial charge in [-0.05, 0) is 5.41 Å². The second-order valence-corrected chi connectivity index (χ2v) is 4.15. The average Bonchev–Trinajstić information content (AvgIpc) is 2.65. The van der Waals surface area contributed by atoms with Crippen LogP contribution in [0.25, 0.3) is 0 Å². The van der Waals surface area contributed by atoms with Crippen molar-refractivity contribution in [2.75, 3.05) is 6.54 Å². The number of hydrogen-bond donors (Lipinski definition) is 2. The van der Waals surface area contributed by atoms with Crippen molar-refractivity contribution < 1.29 is 14.7 Å². The van der Waals surface area contributed by atoms with Crippen LogP contribution in [0.4, 0.5) is 0 Å². The highest BCUT2D eigenvalue weighted by Crippen LogP contribution is 2.58. The molecule has 1 rings (SSSR count). The Morgan fingerprint density at radius 3 is 2.43 bits per heavy atom. The monoisotopic (exact) mass is 197 g/mol. The third-order valence-corrected chi connectivity index (χ3v) is 2.80. The van der Waals surface area contributed by atoms with E-state index in [9.17, 15) is 9.59 Å². The van der Waals surface area contributed by atoms with Crippen LogP contribution in [-0.2, 0) is 9.59 Å². The number of carboxylic acids is 1. The number of amides is 1. The molecule has 0 aromatic heterocycles. The third-order valence-electron chi connectivity index (χ3n) is 2.80. The Kier molecular flexibility index (Phi) is 2.64. The molecule has 1 saturated carbocycles. The van der Waals surface area contributed by atoms with Gasteiger partial charge < -0.3 is 10.4 Å². The molecule has 2 N–H and O–H groups in total. The fourth-order valence-electron chi connectivity index (χ4n) is 1.87. The zero-order valence-corrected chi connectivity index (χ0v) is 8.41. The molecule has 0 aromatic rings. The van der Waals surface area contributed by atoms with Gasteiger partial charge in [0.15, 0.2) is 0 Å². The summed E-state index contributed by atoms with van der Waals surface area (Å²) >= 11 is 0. The lowest BCUT2D eigenvalue weighted by molar-refractivity contribution is -0.140. The first kappa shape index (κ1) is 10.8. The molecule has 0 bridgehead atoms. The summed E-state index contributed by atoms with van der Waals surface area (Å²) in [7, 11) is 0. The van der Waals surface area contributed by atoms with Crippen molar-refractivity contribution in [3.8, 4) is 0 Å². The standard InChI is InChI=1S/C10H15NO3/c1-4-5-11-8(12)6-7(9(13)14)10(6,2)3/h4,6-7H,1,5H2,2-3H3,(H,11,12)(H,13,14)/t6-,7+/m1/s1. The molecular weight excluding hydrogens is 182 g/mol. The maximum Gasteiger partial charge on any atom is 0.307 e. The fraction of sp³-hybridized carbons (Fsp3) is 0.600. The molecular formula is C10H15NO3. The van der Waals surface area contributed by atoms with Gasteiger partial charge >= 0.3 is 5.97 Å². The predicted molar refractivity (Wildman–Crippen MR) is 51.6 cm³/mol. The molecule has 0 radical (unpaired) electrons. The minimum Gasteiger partial charge on any atom is -0.481 e. The molecule has 0 aliphatic heterocycles. The largest absolute Gasteiger partial charge is 0.481 e. The highest BCUT2D eigenvalue weighted by molar-refractivity contribution is 5.91. The highest BCUT2D eigenvalue weighted by Gasteiger charge is 2.65. The van der Waals surface area contributed by atoms with E-state index in [-0.39, 0.29) is 5.91 Å². The Morgan fingerprint density at radius 1 is 1.50 bits per heavy atom. The van der Waals surface area contributed by atoms with E-state index in [1.165, 1.54) is 0 Å². The molecule has 4 nitrogen and oxygen atoms in total. The quantitative estimate of drug-likeness (QED) is 0.650. The van der Waals surface area contributed by atoms with Crippen LogP contribution >= 0.6 is 0 Å². The maximum atomic E-state index is 11.5. The summed E-state index contributed by atoms with van der Waals surface area (Å²) in [6, 6.07) is 0. The van der Waals surface area contributed by atoms with E-state index in [4.69, 9.17) is 5.11 Å². The molecule has 0 spiro atoms. The van der Waals surface area contributed by atoms with Gasteiger partial charge in [-0.25, -0.2) is 0 Å². The van der Waals surface area contributed by atoms with Crippen LogP contribution in [0.2, 0.25) is 0 Å². The summed E-state index contributed by atoms with van der Waals surface area (Å²) in [5.74, 6) is -2.04. The van der Waals surface area contributed by atoms with E-state index in [0.717, 1.165) is 0 Å². The zero-order chi connectivity index (χ0) is 10.9. The van der Waals surface area contributed by atoms with Gasteiger partial charge in [0.25, 0.3) is 0 Å². The SMILES string of the molecule is C=CCNC(=O)[C@H]1[C@@H](C(=O)O)C1(C)C. The molecule has 0 unspecified atom stereocenters. The first-order chi connectivity index (χ1) is 6.42. The van der Waals surface area contributed by atoms with E-state index >= 15 is 0 Å². The van der Waals surface area contributed by atoms with Crippen molar-refractivity contribution in [2.24, 2.45) is 17.3 Å². The van der Waals surface area contributed by atoms with Crippen LogP contribution in [0.3, 0.4) is 0 Å². The van der Waals surface area contributed by atoms with Crippen LogP contribution < -0.4 is 5.32 Å². The second kappa shape index (κ2) is 3.44. The molecule has 0 heterocycles. The molecule has 1 aliphatic carbocycles. The van der Waals surface area contributed by atoms with Gasteiger partial charge in [-0.1, -0.05) is 19.9 Å². The lowest BCUT2D eigenvalue weighted by atomic mass is 10.1. The number of hydrogen-bond acceptors (Lipinski definition) is 2. The minimum absolute atomic E-state index is 0.192. The first-order valence-corrected chi connectivity index (χ1v) is 4.54. The van der Waals surface area contributed by atoms with Crippen molar-refractivity contribution in [3.63, 3.8) is 0 Å². The van der Waals surface area contributed by atoms with Gasteiger partial charge in [-0.2, -0.15) is 0 Å². The van der Waals surface area contributed by atoms with Crippen molar-refractivity contribution in [1.29, 1.82) is 0 Å². The van der Waals surface area contributed by atoms with Crippen LogP contribution in [0, 0.1) is 17.3 Å². The molecule has 1 amide bonds. The summed E-state index contributed by atoms with van der Waals surface area (Å²) in [4.78, 5) is 22.2. The van der Waals surface area contributed by atoms with Crippen LogP contribution in [0.15, 0.2) is 12.7 Å². The lowest BCUT2D eigenvalue weighted by Gasteiger charge is -2.02. The molecule has 2 atom stereocenters. The summed E-state index contributed by atoms with van der Waals surface area (Å²) in [5.41, 5.74) is -0.420. The van der Waals surface area contributed by atoms with Gasteiger partial charge in [0, 0.05) is 6.54 Å². The van der Waals surface area contributed by atoms with E-state index < -0.39 is 23.2 Å². The molecule has 0 saturated heterocycles. The topological polar surface area (TPSA) is 66.4 Å². The maximum absolute atomic E-state index is 11.5. The summed E-state index contributed by atoms with van der Waals surface area (Å²) < 4.78 is 0. The molecule has 78 valence electrons. The van der Waals surface area contributed by atoms with Crippen molar-refractivity contribution in [3.05, 3.63) is 12.7 Å². The predicted octanol–water partition coefficient (Wildman–Crippen LogP) is 0.645. The van der Waals surface area contributed by atoms with Crippen LogP contribution in [-0.4, -0.2) is 23.5 Å². The zero-order valence-electron chi connectivity index (χ0n) is 8.41. The van der Waals surface area contributed by atoms with Crippen LogP contribution in [0.1, 0.15) is 13.8 Å². The molecule has 1 fully saturated rings. The summed E-state index contributed by atoms with van der Waals surface area (Å²) in [6.07, 6.45) is 1.57. The van der Waals surface area contributed by atoms with E-state index in [1.54, 1.807) is 19.9 Å². The fourth-order valence-corrected chi connectivity index (χ4v) is 1.87. The van der Waals surface area contributed by atoms with Gasteiger partial charge in [0.1, 0.15) is 0 Å². The smallest absolute Gasteiger partial charge is 0.307 e. The molecule has 14 heavy (non-hydrogen) atoms. The Balaban J connectivity index is 2.59.